The largest absolute Gasteiger partial charge is 0.497 e. The van der Waals surface area contributed by atoms with E-state index >= 15 is 0 Å². The number of nitrogens with one attached hydrogen (secondary N) is 2. The summed E-state index contributed by atoms with van der Waals surface area (Å²) in [5.74, 6) is 2.03. The van der Waals surface area contributed by atoms with E-state index in [0.717, 1.165) is 31.1 Å². The third-order valence-electron chi connectivity index (χ3n) is 4.48. The third-order valence-corrected chi connectivity index (χ3v) is 5.86. The van der Waals surface area contributed by atoms with E-state index in [9.17, 15) is 8.42 Å². The number of hydrogen-bond donors (Lipinski definition) is 2. The molecule has 0 heterocycles. The van der Waals surface area contributed by atoms with Crippen molar-refractivity contribution in [3.8, 4) is 5.75 Å². The van der Waals surface area contributed by atoms with Crippen molar-refractivity contribution in [2.24, 2.45) is 4.99 Å². The monoisotopic (exact) mass is 526 g/mol. The molecule has 0 amide bonds. The maximum atomic E-state index is 11.6. The Bertz CT molecular complexity index is 681. The fraction of sp³-hybridized carbons (Fsp3) is 0.632. The van der Waals surface area contributed by atoms with Crippen LogP contribution < -0.4 is 15.4 Å². The highest BCUT2D eigenvalue weighted by Gasteiger charge is 2.13. The second-order valence-electron chi connectivity index (χ2n) is 6.50. The first kappa shape index (κ1) is 26.9. The lowest BCUT2D eigenvalue weighted by molar-refractivity contribution is 0.414. The molecule has 0 saturated carbocycles. The molecule has 1 unspecified atom stereocenters. The average molecular weight is 526 g/mol. The number of benzene rings is 1. The van der Waals surface area contributed by atoms with Crippen molar-refractivity contribution in [2.45, 2.75) is 32.6 Å². The van der Waals surface area contributed by atoms with Gasteiger partial charge in [0.2, 0.25) is 10.0 Å². The molecule has 28 heavy (non-hydrogen) atoms. The van der Waals surface area contributed by atoms with E-state index < -0.39 is 10.0 Å². The molecule has 0 aliphatic rings. The number of guanidine groups is 1. The molecule has 0 aromatic heterocycles. The molecule has 2 N–H and O–H groups in total. The van der Waals surface area contributed by atoms with Gasteiger partial charge in [-0.05, 0) is 36.5 Å². The van der Waals surface area contributed by atoms with Gasteiger partial charge in [-0.25, -0.2) is 12.7 Å². The van der Waals surface area contributed by atoms with E-state index in [-0.39, 0.29) is 24.0 Å². The molecule has 0 saturated heterocycles. The van der Waals surface area contributed by atoms with Crippen LogP contribution in [-0.4, -0.2) is 65.3 Å². The fourth-order valence-corrected chi connectivity index (χ4v) is 3.68. The first-order chi connectivity index (χ1) is 12.8. The zero-order valence-electron chi connectivity index (χ0n) is 17.6. The van der Waals surface area contributed by atoms with Crippen LogP contribution in [0.1, 0.15) is 38.2 Å². The van der Waals surface area contributed by atoms with Gasteiger partial charge in [0.05, 0.1) is 13.4 Å². The Hall–Kier alpha value is -1.07. The molecule has 0 bridgehead atoms. The van der Waals surface area contributed by atoms with E-state index in [1.54, 1.807) is 14.2 Å². The van der Waals surface area contributed by atoms with Crippen LogP contribution >= 0.6 is 24.0 Å². The highest BCUT2D eigenvalue weighted by Crippen LogP contribution is 2.21. The molecule has 162 valence electrons. The molecule has 0 fully saturated rings. The summed E-state index contributed by atoms with van der Waals surface area (Å²) >= 11 is 0. The normalized spacial score (nSPS) is 13.0. The van der Waals surface area contributed by atoms with Crippen molar-refractivity contribution < 1.29 is 13.2 Å². The molecule has 1 atom stereocenters. The Labute approximate surface area is 187 Å². The van der Waals surface area contributed by atoms with Gasteiger partial charge in [-0.2, -0.15) is 0 Å². The maximum Gasteiger partial charge on any atom is 0.211 e. The van der Waals surface area contributed by atoms with E-state index in [2.05, 4.69) is 34.7 Å². The summed E-state index contributed by atoms with van der Waals surface area (Å²) in [5.41, 5.74) is 1.28. The Morgan fingerprint density at radius 2 is 1.82 bits per heavy atom. The first-order valence-corrected chi connectivity index (χ1v) is 11.2. The zero-order valence-corrected chi connectivity index (χ0v) is 20.7. The van der Waals surface area contributed by atoms with Gasteiger partial charge in [0, 0.05) is 33.2 Å². The number of aliphatic imine (C=N–C) groups is 1. The van der Waals surface area contributed by atoms with Gasteiger partial charge in [-0.15, -0.1) is 24.0 Å². The number of rotatable bonds is 11. The SMILES string of the molecule is CCN(CCCNC(=NC)NCCC(C)c1ccc(OC)cc1)S(C)(=O)=O.I. The molecule has 0 aliphatic carbocycles. The minimum atomic E-state index is -3.12. The summed E-state index contributed by atoms with van der Waals surface area (Å²) in [4.78, 5) is 4.21. The fourth-order valence-electron chi connectivity index (χ4n) is 2.75. The lowest BCUT2D eigenvalue weighted by Gasteiger charge is -2.18. The molecule has 7 nitrogen and oxygen atoms in total. The second kappa shape index (κ2) is 14.0. The minimum absolute atomic E-state index is 0. The Morgan fingerprint density at radius 3 is 2.32 bits per heavy atom. The van der Waals surface area contributed by atoms with E-state index in [4.69, 9.17) is 4.74 Å². The van der Waals surface area contributed by atoms with Crippen molar-refractivity contribution in [2.75, 3.05) is 46.6 Å². The van der Waals surface area contributed by atoms with E-state index in [1.165, 1.54) is 16.1 Å². The van der Waals surface area contributed by atoms with Gasteiger partial charge < -0.3 is 15.4 Å². The average Bonchev–Trinajstić information content (AvgIpc) is 2.65. The maximum absolute atomic E-state index is 11.6. The first-order valence-electron chi connectivity index (χ1n) is 9.35. The van der Waals surface area contributed by atoms with Gasteiger partial charge in [-0.3, -0.25) is 4.99 Å². The summed E-state index contributed by atoms with van der Waals surface area (Å²) in [6.07, 6.45) is 2.95. The molecule has 0 spiro atoms. The standard InChI is InChI=1S/C19H34N4O3S.HI/c1-6-23(27(5,24)25)15-7-13-21-19(20-3)22-14-12-16(2)17-8-10-18(26-4)11-9-17;/h8-11,16H,6-7,12-15H2,1-5H3,(H2,20,21,22);1H. The number of hydrogen-bond acceptors (Lipinski definition) is 4. The van der Waals surface area contributed by atoms with Crippen LogP contribution in [0, 0.1) is 0 Å². The number of halogens is 1. The van der Waals surface area contributed by atoms with Crippen molar-refractivity contribution in [3.05, 3.63) is 29.8 Å². The summed E-state index contributed by atoms with van der Waals surface area (Å²) in [6.45, 7) is 6.52. The van der Waals surface area contributed by atoms with Crippen molar-refractivity contribution >= 4 is 40.0 Å². The lowest BCUT2D eigenvalue weighted by atomic mass is 9.98. The van der Waals surface area contributed by atoms with Crippen LogP contribution in [0.2, 0.25) is 0 Å². The molecule has 1 aromatic rings. The second-order valence-corrected chi connectivity index (χ2v) is 8.48. The van der Waals surface area contributed by atoms with E-state index in [1.807, 2.05) is 19.1 Å². The van der Waals surface area contributed by atoms with Gasteiger partial charge in [0.15, 0.2) is 5.96 Å². The number of methoxy groups -OCH3 is 1. The van der Waals surface area contributed by atoms with Gasteiger partial charge in [0.1, 0.15) is 5.75 Å². The van der Waals surface area contributed by atoms with Crippen molar-refractivity contribution in [3.63, 3.8) is 0 Å². The smallest absolute Gasteiger partial charge is 0.211 e. The minimum Gasteiger partial charge on any atom is -0.497 e. The predicted octanol–water partition coefficient (Wildman–Crippen LogP) is 2.64. The lowest BCUT2D eigenvalue weighted by Crippen LogP contribution is -2.40. The number of nitrogens with zero attached hydrogens (tertiary/aromatic N) is 2. The summed E-state index contributed by atoms with van der Waals surface area (Å²) < 4.78 is 29.8. The Kier molecular flexibility index (Phi) is 13.5. The molecule has 0 radical (unpaired) electrons. The zero-order chi connectivity index (χ0) is 20.3. The quantitative estimate of drug-likeness (QED) is 0.201. The van der Waals surface area contributed by atoms with Crippen LogP contribution in [0.25, 0.3) is 0 Å². The van der Waals surface area contributed by atoms with Crippen molar-refractivity contribution in [1.82, 2.24) is 14.9 Å². The molecule has 9 heteroatoms. The van der Waals surface area contributed by atoms with Crippen LogP contribution in [0.15, 0.2) is 29.3 Å². The third kappa shape index (κ3) is 9.92. The Balaban J connectivity index is 0.00000729. The molecule has 0 aliphatic heterocycles. The van der Waals surface area contributed by atoms with Crippen LogP contribution in [0.4, 0.5) is 0 Å². The van der Waals surface area contributed by atoms with Crippen LogP contribution in [-0.2, 0) is 10.0 Å². The van der Waals surface area contributed by atoms with Crippen molar-refractivity contribution in [1.29, 1.82) is 0 Å². The topological polar surface area (TPSA) is 83.0 Å². The molecular formula is C19H35IN4O3S. The van der Waals surface area contributed by atoms with Crippen LogP contribution in [0.5, 0.6) is 5.75 Å². The predicted molar refractivity (Wildman–Crippen MR) is 128 cm³/mol. The van der Waals surface area contributed by atoms with Gasteiger partial charge >= 0.3 is 0 Å². The molecule has 1 rings (SSSR count). The summed E-state index contributed by atoms with van der Waals surface area (Å²) in [7, 11) is 0.278. The number of ether oxygens (including phenoxy) is 1. The van der Waals surface area contributed by atoms with Crippen LogP contribution in [0.3, 0.4) is 0 Å². The van der Waals surface area contributed by atoms with Gasteiger partial charge in [0.25, 0.3) is 0 Å². The highest BCUT2D eigenvalue weighted by molar-refractivity contribution is 14.0. The summed E-state index contributed by atoms with van der Waals surface area (Å²) in [6, 6.07) is 8.15. The molecule has 1 aromatic carbocycles. The number of sulfonamides is 1. The van der Waals surface area contributed by atoms with E-state index in [0.29, 0.717) is 25.6 Å². The molecular weight excluding hydrogens is 491 g/mol. The summed E-state index contributed by atoms with van der Waals surface area (Å²) in [5, 5.41) is 6.54. The Morgan fingerprint density at radius 1 is 1.21 bits per heavy atom. The van der Waals surface area contributed by atoms with Gasteiger partial charge in [-0.1, -0.05) is 26.0 Å². The highest BCUT2D eigenvalue weighted by atomic mass is 127.